The normalized spacial score (nSPS) is 27.8. The molecular weight excluding hydrogens is 548 g/mol. The van der Waals surface area contributed by atoms with Gasteiger partial charge in [-0.3, -0.25) is 14.9 Å². The summed E-state index contributed by atoms with van der Waals surface area (Å²) >= 11 is 1.31. The van der Waals surface area contributed by atoms with Crippen LogP contribution in [-0.2, 0) is 15.0 Å². The number of carbonyl (C=O) groups is 3. The third kappa shape index (κ3) is 4.29. The summed E-state index contributed by atoms with van der Waals surface area (Å²) in [5.41, 5.74) is 4.74. The van der Waals surface area contributed by atoms with Crippen LogP contribution in [0.5, 0.6) is 0 Å². The molecule has 212 valence electrons. The number of fused-ring (bicyclic) bond motifs is 1. The highest BCUT2D eigenvalue weighted by atomic mass is 32.2. The lowest BCUT2D eigenvalue weighted by Gasteiger charge is -2.57. The molecule has 0 spiro atoms. The van der Waals surface area contributed by atoms with Crippen molar-refractivity contribution < 1.29 is 18.8 Å². The number of benzene rings is 2. The van der Waals surface area contributed by atoms with E-state index in [1.165, 1.54) is 61.9 Å². The highest BCUT2D eigenvalue weighted by molar-refractivity contribution is 7.99. The summed E-state index contributed by atoms with van der Waals surface area (Å²) in [6.07, 6.45) is 9.22. The Hall–Kier alpha value is -4.11. The second-order valence-electron chi connectivity index (χ2n) is 12.5. The van der Waals surface area contributed by atoms with Gasteiger partial charge in [-0.2, -0.15) is 0 Å². The van der Waals surface area contributed by atoms with Gasteiger partial charge in [-0.05, 0) is 134 Å². The number of barbiturate groups is 1. The second kappa shape index (κ2) is 9.46. The van der Waals surface area contributed by atoms with Gasteiger partial charge in [0.2, 0.25) is 0 Å². The number of aryl methyl sites for hydroxylation is 1. The van der Waals surface area contributed by atoms with E-state index in [4.69, 9.17) is 4.42 Å². The minimum Gasteiger partial charge on any atom is -0.450 e. The predicted octanol–water partition coefficient (Wildman–Crippen LogP) is 6.75. The van der Waals surface area contributed by atoms with Crippen LogP contribution in [0, 0.1) is 24.7 Å². The fraction of sp³-hybridized carbons (Fsp3) is 0.333. The van der Waals surface area contributed by atoms with Gasteiger partial charge in [0.25, 0.3) is 11.8 Å². The first-order valence-corrected chi connectivity index (χ1v) is 15.4. The zero-order valence-electron chi connectivity index (χ0n) is 23.2. The number of H-pyrrole nitrogens is 1. The van der Waals surface area contributed by atoms with Gasteiger partial charge in [-0.15, -0.1) is 0 Å². The molecule has 4 saturated carbocycles. The zero-order valence-corrected chi connectivity index (χ0v) is 24.0. The Bertz CT molecular complexity index is 1760. The number of anilines is 1. The van der Waals surface area contributed by atoms with Crippen LogP contribution in [0.3, 0.4) is 0 Å². The number of amides is 4. The SMILES string of the molecule is Cc1ccc2nc(Sc3ccc(/C=C4\C(=O)NC(=O)N(c5ccc(C67CC8CC(CC(C8)C6)C7)cc5)C4=O)o3)[nH]c2c1. The number of aromatic nitrogens is 2. The summed E-state index contributed by atoms with van der Waals surface area (Å²) in [4.78, 5) is 47.9. The lowest BCUT2D eigenvalue weighted by atomic mass is 9.48. The van der Waals surface area contributed by atoms with Gasteiger partial charge in [0.05, 0.1) is 16.7 Å². The van der Waals surface area contributed by atoms with Crippen molar-refractivity contribution in [3.8, 4) is 0 Å². The smallest absolute Gasteiger partial charge is 0.335 e. The van der Waals surface area contributed by atoms with E-state index < -0.39 is 17.8 Å². The van der Waals surface area contributed by atoms with Gasteiger partial charge in [-0.25, -0.2) is 14.7 Å². The van der Waals surface area contributed by atoms with Crippen molar-refractivity contribution in [1.29, 1.82) is 0 Å². The highest BCUT2D eigenvalue weighted by Crippen LogP contribution is 2.60. The van der Waals surface area contributed by atoms with Crippen LogP contribution in [-0.4, -0.2) is 27.8 Å². The monoisotopic (exact) mass is 578 g/mol. The van der Waals surface area contributed by atoms with Crippen molar-refractivity contribution in [1.82, 2.24) is 15.3 Å². The van der Waals surface area contributed by atoms with E-state index in [0.717, 1.165) is 39.3 Å². The standard InChI is InChI=1S/C33H30N4O4S/c1-18-2-8-26-27(10-18)35-31(34-26)42-28-9-7-24(41-28)14-25-29(38)36-32(40)37(30(25)39)23-5-3-22(4-6-23)33-15-19-11-20(16-33)13-21(12-19)17-33/h2-10,14,19-21H,11-13,15-17H2,1H3,(H,34,35)(H,36,38,40)/b25-14+. The third-order valence-corrected chi connectivity index (χ3v) is 10.4. The van der Waals surface area contributed by atoms with E-state index in [1.807, 2.05) is 37.3 Å². The minimum absolute atomic E-state index is 0.162. The van der Waals surface area contributed by atoms with Gasteiger partial charge in [0.1, 0.15) is 11.3 Å². The van der Waals surface area contributed by atoms with E-state index in [-0.39, 0.29) is 11.0 Å². The van der Waals surface area contributed by atoms with Crippen molar-refractivity contribution in [2.45, 2.75) is 61.1 Å². The fourth-order valence-electron chi connectivity index (χ4n) is 8.17. The summed E-state index contributed by atoms with van der Waals surface area (Å²) in [5.74, 6) is 1.39. The summed E-state index contributed by atoms with van der Waals surface area (Å²) in [6, 6.07) is 16.5. The first-order chi connectivity index (χ1) is 20.3. The van der Waals surface area contributed by atoms with E-state index >= 15 is 0 Å². The average molecular weight is 579 g/mol. The van der Waals surface area contributed by atoms with Crippen LogP contribution in [0.25, 0.3) is 17.1 Å². The molecular formula is C33H30N4O4S. The maximum absolute atomic E-state index is 13.5. The number of nitrogens with zero attached hydrogens (tertiary/aromatic N) is 2. The van der Waals surface area contributed by atoms with Gasteiger partial charge >= 0.3 is 6.03 Å². The van der Waals surface area contributed by atoms with E-state index in [1.54, 1.807) is 12.1 Å². The molecule has 2 aromatic carbocycles. The molecule has 1 saturated heterocycles. The van der Waals surface area contributed by atoms with Crippen molar-refractivity contribution >= 4 is 52.4 Å². The van der Waals surface area contributed by atoms with Crippen LogP contribution >= 0.6 is 11.8 Å². The average Bonchev–Trinajstić information content (AvgIpc) is 3.56. The lowest BCUT2D eigenvalue weighted by Crippen LogP contribution is -2.54. The maximum atomic E-state index is 13.5. The molecule has 4 bridgehead atoms. The number of urea groups is 1. The number of rotatable bonds is 5. The Kier molecular flexibility index (Phi) is 5.76. The van der Waals surface area contributed by atoms with Gasteiger partial charge in [0, 0.05) is 0 Å². The molecule has 0 atom stereocenters. The number of carbonyl (C=O) groups excluding carboxylic acids is 3. The van der Waals surface area contributed by atoms with Gasteiger partial charge in [-0.1, -0.05) is 18.2 Å². The zero-order chi connectivity index (χ0) is 28.6. The highest BCUT2D eigenvalue weighted by Gasteiger charge is 2.51. The summed E-state index contributed by atoms with van der Waals surface area (Å²) < 4.78 is 5.90. The molecule has 4 aliphatic carbocycles. The number of furan rings is 1. The van der Waals surface area contributed by atoms with Crippen LogP contribution in [0.15, 0.2) is 74.8 Å². The topological polar surface area (TPSA) is 108 Å². The van der Waals surface area contributed by atoms with E-state index in [9.17, 15) is 14.4 Å². The van der Waals surface area contributed by atoms with Crippen LogP contribution in [0.1, 0.15) is 55.4 Å². The van der Waals surface area contributed by atoms with Crippen molar-refractivity contribution in [3.05, 3.63) is 77.1 Å². The molecule has 8 nitrogen and oxygen atoms in total. The molecule has 4 amide bonds. The van der Waals surface area contributed by atoms with Gasteiger partial charge in [0.15, 0.2) is 10.2 Å². The largest absolute Gasteiger partial charge is 0.450 e. The first-order valence-electron chi connectivity index (χ1n) is 14.6. The summed E-state index contributed by atoms with van der Waals surface area (Å²) in [5, 5.41) is 3.54. The first kappa shape index (κ1) is 25.6. The Morgan fingerprint density at radius 1 is 0.952 bits per heavy atom. The third-order valence-electron chi connectivity index (χ3n) is 9.58. The quantitative estimate of drug-likeness (QED) is 0.200. The predicted molar refractivity (Wildman–Crippen MR) is 159 cm³/mol. The van der Waals surface area contributed by atoms with E-state index in [0.29, 0.717) is 21.7 Å². The van der Waals surface area contributed by atoms with Crippen LogP contribution in [0.2, 0.25) is 0 Å². The van der Waals surface area contributed by atoms with Crippen LogP contribution < -0.4 is 10.2 Å². The fourth-order valence-corrected chi connectivity index (χ4v) is 8.94. The number of aromatic amines is 1. The number of imide groups is 2. The van der Waals surface area contributed by atoms with Crippen molar-refractivity contribution in [2.75, 3.05) is 4.90 Å². The Balaban J connectivity index is 1.02. The minimum atomic E-state index is -0.750. The molecule has 4 aromatic rings. The second-order valence-corrected chi connectivity index (χ2v) is 13.5. The molecule has 0 radical (unpaired) electrons. The molecule has 0 unspecified atom stereocenters. The number of imidazole rings is 1. The molecule has 3 heterocycles. The van der Waals surface area contributed by atoms with Crippen LogP contribution in [0.4, 0.5) is 10.5 Å². The number of nitrogens with one attached hydrogen (secondary N) is 2. The Labute approximate surface area is 246 Å². The molecule has 5 aliphatic rings. The summed E-state index contributed by atoms with van der Waals surface area (Å²) in [7, 11) is 0. The Morgan fingerprint density at radius 3 is 2.38 bits per heavy atom. The van der Waals surface area contributed by atoms with Gasteiger partial charge < -0.3 is 9.40 Å². The molecule has 5 fully saturated rings. The molecule has 2 N–H and O–H groups in total. The molecule has 9 heteroatoms. The summed E-state index contributed by atoms with van der Waals surface area (Å²) in [6.45, 7) is 2.02. The molecule has 1 aliphatic heterocycles. The lowest BCUT2D eigenvalue weighted by molar-refractivity contribution is -0.122. The van der Waals surface area contributed by atoms with Crippen molar-refractivity contribution in [2.24, 2.45) is 17.8 Å². The number of hydrogen-bond acceptors (Lipinski definition) is 6. The molecule has 42 heavy (non-hydrogen) atoms. The van der Waals surface area contributed by atoms with E-state index in [2.05, 4.69) is 27.4 Å². The molecule has 9 rings (SSSR count). The van der Waals surface area contributed by atoms with Crippen molar-refractivity contribution in [3.63, 3.8) is 0 Å². The maximum Gasteiger partial charge on any atom is 0.335 e. The number of hydrogen-bond donors (Lipinski definition) is 2. The molecule has 2 aromatic heterocycles. The Morgan fingerprint density at radius 2 is 1.67 bits per heavy atom.